The van der Waals surface area contributed by atoms with Crippen molar-refractivity contribution in [3.63, 3.8) is 0 Å². The van der Waals surface area contributed by atoms with Gasteiger partial charge >= 0.3 is 5.97 Å². The first-order valence-corrected chi connectivity index (χ1v) is 7.63. The van der Waals surface area contributed by atoms with E-state index < -0.39 is 17.7 Å². The second-order valence-electron chi connectivity index (χ2n) is 5.40. The quantitative estimate of drug-likeness (QED) is 0.765. The number of hydrogen-bond acceptors (Lipinski definition) is 5. The minimum absolute atomic E-state index is 0.0913. The third kappa shape index (κ3) is 3.75. The van der Waals surface area contributed by atoms with Crippen molar-refractivity contribution in [2.45, 2.75) is 11.7 Å². The predicted molar refractivity (Wildman–Crippen MR) is 93.4 cm³/mol. The van der Waals surface area contributed by atoms with Crippen LogP contribution < -0.4 is 4.74 Å². The third-order valence-electron chi connectivity index (χ3n) is 4.11. The highest BCUT2D eigenvalue weighted by atomic mass is 16.6. The maximum atomic E-state index is 11.9. The number of ether oxygens (including phenoxy) is 4. The van der Waals surface area contributed by atoms with Crippen molar-refractivity contribution in [2.24, 2.45) is 0 Å². The van der Waals surface area contributed by atoms with Gasteiger partial charge in [0.1, 0.15) is 17.1 Å². The van der Waals surface area contributed by atoms with Crippen LogP contribution in [0.25, 0.3) is 5.57 Å². The molecule has 0 spiro atoms. The van der Waals surface area contributed by atoms with Crippen LogP contribution in [0.15, 0.2) is 54.3 Å². The van der Waals surface area contributed by atoms with E-state index in [4.69, 9.17) is 18.9 Å². The number of hydrogen-bond donors (Lipinski definition) is 1. The van der Waals surface area contributed by atoms with E-state index in [9.17, 15) is 9.90 Å². The van der Waals surface area contributed by atoms with Crippen molar-refractivity contribution in [3.8, 4) is 5.75 Å². The zero-order chi connectivity index (χ0) is 18.4. The van der Waals surface area contributed by atoms with E-state index in [1.807, 2.05) is 0 Å². The molecule has 25 heavy (non-hydrogen) atoms. The van der Waals surface area contributed by atoms with Gasteiger partial charge in [-0.15, -0.1) is 0 Å². The number of methoxy groups -OCH3 is 4. The van der Waals surface area contributed by atoms with Crippen molar-refractivity contribution in [3.05, 3.63) is 59.9 Å². The number of allylic oxidation sites excluding steroid dienone is 2. The zero-order valence-electron chi connectivity index (χ0n) is 14.7. The van der Waals surface area contributed by atoms with Crippen LogP contribution in [0.5, 0.6) is 5.75 Å². The van der Waals surface area contributed by atoms with Gasteiger partial charge in [0.05, 0.1) is 19.8 Å². The summed E-state index contributed by atoms with van der Waals surface area (Å²) in [5.74, 6) is 0.118. The van der Waals surface area contributed by atoms with Crippen LogP contribution in [-0.2, 0) is 19.0 Å². The molecule has 0 bridgehead atoms. The molecular weight excluding hydrogens is 324 g/mol. The summed E-state index contributed by atoms with van der Waals surface area (Å²) in [5.41, 5.74) is -0.488. The van der Waals surface area contributed by atoms with Crippen LogP contribution in [0.1, 0.15) is 5.56 Å². The minimum atomic E-state index is -1.11. The van der Waals surface area contributed by atoms with Crippen LogP contribution in [0.4, 0.5) is 0 Å². The molecule has 0 aliphatic heterocycles. The van der Waals surface area contributed by atoms with Gasteiger partial charge in [0, 0.05) is 14.2 Å². The average Bonchev–Trinajstić information content (AvgIpc) is 2.65. The van der Waals surface area contributed by atoms with Gasteiger partial charge in [-0.05, 0) is 35.9 Å². The minimum Gasteiger partial charge on any atom is -0.498 e. The highest BCUT2D eigenvalue weighted by Gasteiger charge is 2.41. The molecule has 134 valence electrons. The summed E-state index contributed by atoms with van der Waals surface area (Å²) in [5, 5.41) is 9.71. The first kappa shape index (κ1) is 18.8. The van der Waals surface area contributed by atoms with E-state index in [1.165, 1.54) is 27.4 Å². The van der Waals surface area contributed by atoms with Gasteiger partial charge in [-0.1, -0.05) is 18.2 Å². The first-order chi connectivity index (χ1) is 12.0. The zero-order valence-corrected chi connectivity index (χ0v) is 14.7. The Kier molecular flexibility index (Phi) is 6.01. The maximum absolute atomic E-state index is 11.9. The number of rotatable bonds is 7. The van der Waals surface area contributed by atoms with Gasteiger partial charge in [-0.3, -0.25) is 0 Å². The van der Waals surface area contributed by atoms with Gasteiger partial charge in [-0.25, -0.2) is 4.79 Å². The maximum Gasteiger partial charge on any atom is 0.336 e. The first-order valence-electron chi connectivity index (χ1n) is 7.63. The number of benzene rings is 1. The smallest absolute Gasteiger partial charge is 0.336 e. The van der Waals surface area contributed by atoms with E-state index in [2.05, 4.69) is 0 Å². The number of carboxylic acid groups (broad SMARTS) is 1. The van der Waals surface area contributed by atoms with Crippen LogP contribution in [-0.4, -0.2) is 51.2 Å². The number of aliphatic carboxylic acids is 1. The van der Waals surface area contributed by atoms with Gasteiger partial charge in [0.15, 0.2) is 6.10 Å². The summed E-state index contributed by atoms with van der Waals surface area (Å²) in [6.45, 7) is 0. The Hall–Kier alpha value is -2.57. The normalized spacial score (nSPS) is 23.1. The molecule has 0 radical (unpaired) electrons. The van der Waals surface area contributed by atoms with E-state index in [-0.39, 0.29) is 5.57 Å². The summed E-state index contributed by atoms with van der Waals surface area (Å²) in [6.07, 6.45) is 6.18. The molecule has 0 fully saturated rings. The van der Waals surface area contributed by atoms with Crippen molar-refractivity contribution >= 4 is 11.5 Å². The van der Waals surface area contributed by atoms with Crippen molar-refractivity contribution < 1.29 is 28.8 Å². The molecule has 0 saturated carbocycles. The molecule has 0 aromatic heterocycles. The van der Waals surface area contributed by atoms with Crippen LogP contribution in [0.3, 0.4) is 0 Å². The Balaban J connectivity index is 2.54. The lowest BCUT2D eigenvalue weighted by Crippen LogP contribution is -2.45. The monoisotopic (exact) mass is 346 g/mol. The number of carbonyl (C=O) groups is 1. The molecule has 6 nitrogen and oxygen atoms in total. The average molecular weight is 346 g/mol. The fourth-order valence-corrected chi connectivity index (χ4v) is 2.79. The van der Waals surface area contributed by atoms with Gasteiger partial charge in [0.25, 0.3) is 0 Å². The van der Waals surface area contributed by atoms with E-state index in [0.29, 0.717) is 17.1 Å². The molecule has 1 aromatic carbocycles. The highest BCUT2D eigenvalue weighted by Crippen LogP contribution is 2.34. The second kappa shape index (κ2) is 8.00. The van der Waals surface area contributed by atoms with Gasteiger partial charge < -0.3 is 24.1 Å². The highest BCUT2D eigenvalue weighted by molar-refractivity contribution is 6.15. The van der Waals surface area contributed by atoms with E-state index in [0.717, 1.165) is 0 Å². The fraction of sp³-hybridized carbons (Fsp3) is 0.316. The summed E-state index contributed by atoms with van der Waals surface area (Å²) < 4.78 is 21.6. The molecule has 2 rings (SSSR count). The van der Waals surface area contributed by atoms with Crippen molar-refractivity contribution in [1.82, 2.24) is 0 Å². The lowest BCUT2D eigenvalue weighted by atomic mass is 9.86. The van der Waals surface area contributed by atoms with Crippen LogP contribution >= 0.6 is 0 Å². The summed E-state index contributed by atoms with van der Waals surface area (Å²) >= 11 is 0. The molecule has 2 unspecified atom stereocenters. The molecule has 1 N–H and O–H groups in total. The van der Waals surface area contributed by atoms with E-state index >= 15 is 0 Å². The summed E-state index contributed by atoms with van der Waals surface area (Å²) in [4.78, 5) is 11.9. The SMILES string of the molecule is COC1=CC=CC(/C=C(\C(=O)O)c2ccc(OC)cc2)(OC)C1OC. The van der Waals surface area contributed by atoms with Gasteiger partial charge in [-0.2, -0.15) is 0 Å². The standard InChI is InChI=1S/C19H22O6/c1-22-14-9-7-13(8-10-14)15(18(20)21)12-19(25-4)11-5-6-16(23-2)17(19)24-3/h5-12,17H,1-4H3,(H,20,21)/b15-12-. The molecule has 1 aliphatic carbocycles. The molecule has 1 aliphatic rings. The van der Waals surface area contributed by atoms with E-state index in [1.54, 1.807) is 49.6 Å². The predicted octanol–water partition coefficient (Wildman–Crippen LogP) is 2.66. The summed E-state index contributed by atoms with van der Waals surface area (Å²) in [6, 6.07) is 6.78. The molecule has 1 aromatic rings. The topological polar surface area (TPSA) is 74.2 Å². The lowest BCUT2D eigenvalue weighted by molar-refractivity contribution is -0.130. The molecule has 6 heteroatoms. The largest absolute Gasteiger partial charge is 0.498 e. The fourth-order valence-electron chi connectivity index (χ4n) is 2.79. The molecular formula is C19H22O6. The Morgan fingerprint density at radius 1 is 1.12 bits per heavy atom. The van der Waals surface area contributed by atoms with Crippen molar-refractivity contribution in [1.29, 1.82) is 0 Å². The Morgan fingerprint density at radius 2 is 1.80 bits per heavy atom. The Labute approximate surface area is 147 Å². The number of carboxylic acids is 1. The van der Waals surface area contributed by atoms with Crippen LogP contribution in [0, 0.1) is 0 Å². The molecule has 0 heterocycles. The second-order valence-corrected chi connectivity index (χ2v) is 5.40. The summed E-state index contributed by atoms with van der Waals surface area (Å²) in [7, 11) is 6.10. The van der Waals surface area contributed by atoms with Crippen LogP contribution in [0.2, 0.25) is 0 Å². The lowest BCUT2D eigenvalue weighted by Gasteiger charge is -2.36. The molecule has 0 amide bonds. The van der Waals surface area contributed by atoms with Gasteiger partial charge in [0.2, 0.25) is 0 Å². The van der Waals surface area contributed by atoms with Crippen molar-refractivity contribution in [2.75, 3.05) is 28.4 Å². The molecule has 2 atom stereocenters. The Morgan fingerprint density at radius 3 is 2.28 bits per heavy atom. The Bertz CT molecular complexity index is 701. The molecule has 0 saturated heterocycles. The third-order valence-corrected chi connectivity index (χ3v) is 4.11.